The van der Waals surface area contributed by atoms with Crippen molar-refractivity contribution in [2.75, 3.05) is 24.2 Å². The van der Waals surface area contributed by atoms with E-state index >= 15 is 0 Å². The van der Waals surface area contributed by atoms with Crippen LogP contribution in [0.2, 0.25) is 15.1 Å². The van der Waals surface area contributed by atoms with Gasteiger partial charge in [-0.3, -0.25) is 13.9 Å². The Hall–Kier alpha value is -2.20. The van der Waals surface area contributed by atoms with Gasteiger partial charge < -0.3 is 15.0 Å². The Balaban J connectivity index is 2.47. The van der Waals surface area contributed by atoms with E-state index in [-0.39, 0.29) is 29.2 Å². The molecule has 198 valence electrons. The highest BCUT2D eigenvalue weighted by molar-refractivity contribution is 7.92. The standard InChI is InChI=1S/C24H30Cl3N3O5S/c1-6-15(2)28-24(32)16(3)29(13-18-19(25)8-7-9-20(18)26)23(31)14-30(36(5,33)34)17-10-11-22(35-4)21(27)12-17/h7-12,15-16H,6,13-14H2,1-5H3,(H,28,32). The lowest BCUT2D eigenvalue weighted by Crippen LogP contribution is -2.52. The average molecular weight is 579 g/mol. The second kappa shape index (κ2) is 12.9. The third-order valence-electron chi connectivity index (χ3n) is 5.66. The Morgan fingerprint density at radius 2 is 1.67 bits per heavy atom. The summed E-state index contributed by atoms with van der Waals surface area (Å²) < 4.78 is 31.4. The van der Waals surface area contributed by atoms with E-state index in [1.165, 1.54) is 30.2 Å². The van der Waals surface area contributed by atoms with Crippen LogP contribution in [-0.4, -0.2) is 57.1 Å². The topological polar surface area (TPSA) is 96.0 Å². The number of carbonyl (C=O) groups is 2. The SMILES string of the molecule is CCC(C)NC(=O)C(C)N(Cc1c(Cl)cccc1Cl)C(=O)CN(c1ccc(OC)c(Cl)c1)S(C)(=O)=O. The number of hydrogen-bond acceptors (Lipinski definition) is 5. The molecule has 2 rings (SSSR count). The average Bonchev–Trinajstić information content (AvgIpc) is 2.80. The second-order valence-electron chi connectivity index (χ2n) is 8.30. The number of methoxy groups -OCH3 is 1. The van der Waals surface area contributed by atoms with Crippen molar-refractivity contribution < 1.29 is 22.7 Å². The number of benzene rings is 2. The molecule has 0 spiro atoms. The van der Waals surface area contributed by atoms with Crippen molar-refractivity contribution >= 4 is 62.3 Å². The molecule has 12 heteroatoms. The summed E-state index contributed by atoms with van der Waals surface area (Å²) in [6.45, 7) is 4.65. The van der Waals surface area contributed by atoms with Crippen molar-refractivity contribution in [3.63, 3.8) is 0 Å². The second-order valence-corrected chi connectivity index (χ2v) is 11.4. The van der Waals surface area contributed by atoms with Gasteiger partial charge >= 0.3 is 0 Å². The molecule has 36 heavy (non-hydrogen) atoms. The number of amides is 2. The number of nitrogens with one attached hydrogen (secondary N) is 1. The number of rotatable bonds is 11. The van der Waals surface area contributed by atoms with Crippen molar-refractivity contribution in [1.82, 2.24) is 10.2 Å². The minimum Gasteiger partial charge on any atom is -0.495 e. The number of carbonyl (C=O) groups excluding carboxylic acids is 2. The molecule has 8 nitrogen and oxygen atoms in total. The first-order valence-electron chi connectivity index (χ1n) is 11.1. The third kappa shape index (κ3) is 7.65. The molecule has 2 aromatic carbocycles. The Kier molecular flexibility index (Phi) is 10.7. The number of ether oxygens (including phenoxy) is 1. The predicted molar refractivity (Wildman–Crippen MR) is 145 cm³/mol. The maximum atomic E-state index is 13.6. The number of sulfonamides is 1. The first-order valence-corrected chi connectivity index (χ1v) is 14.1. The van der Waals surface area contributed by atoms with Gasteiger partial charge in [0, 0.05) is 28.2 Å². The summed E-state index contributed by atoms with van der Waals surface area (Å²) in [5, 5.41) is 3.66. The zero-order valence-electron chi connectivity index (χ0n) is 20.7. The van der Waals surface area contributed by atoms with Crippen LogP contribution in [0.25, 0.3) is 0 Å². The van der Waals surface area contributed by atoms with Crippen molar-refractivity contribution in [1.29, 1.82) is 0 Å². The largest absolute Gasteiger partial charge is 0.495 e. The van der Waals surface area contributed by atoms with Crippen LogP contribution in [0.5, 0.6) is 5.75 Å². The minimum absolute atomic E-state index is 0.104. The minimum atomic E-state index is -3.91. The van der Waals surface area contributed by atoms with E-state index in [9.17, 15) is 18.0 Å². The molecular formula is C24H30Cl3N3O5S. The molecule has 2 unspecified atom stereocenters. The summed E-state index contributed by atoms with van der Waals surface area (Å²) in [6, 6.07) is 8.22. The number of halogens is 3. The van der Waals surface area contributed by atoms with Crippen molar-refractivity contribution in [3.8, 4) is 5.75 Å². The fraction of sp³-hybridized carbons (Fsp3) is 0.417. The van der Waals surface area contributed by atoms with E-state index in [0.29, 0.717) is 27.8 Å². The molecule has 0 aromatic heterocycles. The third-order valence-corrected chi connectivity index (χ3v) is 7.81. The molecule has 2 atom stereocenters. The van der Waals surface area contributed by atoms with Crippen LogP contribution in [0.4, 0.5) is 5.69 Å². The molecule has 2 amide bonds. The summed E-state index contributed by atoms with van der Waals surface area (Å²) in [5.41, 5.74) is 0.611. The van der Waals surface area contributed by atoms with Gasteiger partial charge in [0.2, 0.25) is 21.8 Å². The van der Waals surface area contributed by atoms with E-state index in [4.69, 9.17) is 39.5 Å². The van der Waals surface area contributed by atoms with Gasteiger partial charge in [-0.15, -0.1) is 0 Å². The maximum Gasteiger partial charge on any atom is 0.244 e. The summed E-state index contributed by atoms with van der Waals surface area (Å²) in [5.74, 6) is -0.667. The van der Waals surface area contributed by atoms with E-state index in [0.717, 1.165) is 10.6 Å². The quantitative estimate of drug-likeness (QED) is 0.415. The molecule has 0 aliphatic heterocycles. The molecule has 0 saturated heterocycles. The lowest BCUT2D eigenvalue weighted by atomic mass is 10.1. The Morgan fingerprint density at radius 3 is 2.17 bits per heavy atom. The first kappa shape index (κ1) is 30.0. The van der Waals surface area contributed by atoms with Gasteiger partial charge in [0.25, 0.3) is 0 Å². The van der Waals surface area contributed by atoms with Crippen molar-refractivity contribution in [2.45, 2.75) is 45.8 Å². The van der Waals surface area contributed by atoms with E-state index < -0.39 is 28.5 Å². The maximum absolute atomic E-state index is 13.6. The van der Waals surface area contributed by atoms with Gasteiger partial charge in [-0.25, -0.2) is 8.42 Å². The highest BCUT2D eigenvalue weighted by atomic mass is 35.5. The highest BCUT2D eigenvalue weighted by Gasteiger charge is 2.31. The fourth-order valence-electron chi connectivity index (χ4n) is 3.33. The summed E-state index contributed by atoms with van der Waals surface area (Å²) in [4.78, 5) is 27.8. The van der Waals surface area contributed by atoms with Crippen molar-refractivity contribution in [3.05, 3.63) is 57.0 Å². The molecular weight excluding hydrogens is 549 g/mol. The zero-order chi connectivity index (χ0) is 27.2. The summed E-state index contributed by atoms with van der Waals surface area (Å²) >= 11 is 18.9. The van der Waals surface area contributed by atoms with Crippen LogP contribution < -0.4 is 14.4 Å². The van der Waals surface area contributed by atoms with Gasteiger partial charge in [-0.2, -0.15) is 0 Å². The molecule has 0 aliphatic rings. The molecule has 1 N–H and O–H groups in total. The van der Waals surface area contributed by atoms with Crippen LogP contribution in [0.3, 0.4) is 0 Å². The molecule has 0 heterocycles. The van der Waals surface area contributed by atoms with E-state index in [2.05, 4.69) is 5.32 Å². The van der Waals surface area contributed by atoms with Crippen LogP contribution in [-0.2, 0) is 26.2 Å². The van der Waals surface area contributed by atoms with Crippen LogP contribution in [0.15, 0.2) is 36.4 Å². The highest BCUT2D eigenvalue weighted by Crippen LogP contribution is 2.31. The van der Waals surface area contributed by atoms with Gasteiger partial charge in [0.15, 0.2) is 0 Å². The lowest BCUT2D eigenvalue weighted by molar-refractivity contribution is -0.139. The van der Waals surface area contributed by atoms with Crippen molar-refractivity contribution in [2.24, 2.45) is 0 Å². The van der Waals surface area contributed by atoms with Gasteiger partial charge in [-0.05, 0) is 50.6 Å². The summed E-state index contributed by atoms with van der Waals surface area (Å²) in [6.07, 6.45) is 1.68. The Bertz CT molecular complexity index is 1190. The number of anilines is 1. The van der Waals surface area contributed by atoms with Crippen LogP contribution >= 0.6 is 34.8 Å². The molecule has 0 bridgehead atoms. The molecule has 0 radical (unpaired) electrons. The predicted octanol–water partition coefficient (Wildman–Crippen LogP) is 4.75. The lowest BCUT2D eigenvalue weighted by Gasteiger charge is -2.32. The number of nitrogens with zero attached hydrogens (tertiary/aromatic N) is 2. The van der Waals surface area contributed by atoms with Crippen LogP contribution in [0, 0.1) is 0 Å². The Morgan fingerprint density at radius 1 is 1.06 bits per heavy atom. The monoisotopic (exact) mass is 577 g/mol. The molecule has 0 saturated carbocycles. The van der Waals surface area contributed by atoms with Crippen LogP contribution in [0.1, 0.15) is 32.8 Å². The molecule has 2 aromatic rings. The molecule has 0 fully saturated rings. The van der Waals surface area contributed by atoms with Gasteiger partial charge in [0.1, 0.15) is 18.3 Å². The fourth-order valence-corrected chi connectivity index (χ4v) is 4.94. The van der Waals surface area contributed by atoms with Gasteiger partial charge in [0.05, 0.1) is 24.1 Å². The molecule has 0 aliphatic carbocycles. The Labute approximate surface area is 227 Å². The zero-order valence-corrected chi connectivity index (χ0v) is 23.8. The van der Waals surface area contributed by atoms with E-state index in [1.54, 1.807) is 25.1 Å². The van der Waals surface area contributed by atoms with E-state index in [1.807, 2.05) is 13.8 Å². The van der Waals surface area contributed by atoms with Gasteiger partial charge in [-0.1, -0.05) is 47.8 Å². The normalized spacial score (nSPS) is 13.0. The first-order chi connectivity index (χ1) is 16.8. The smallest absolute Gasteiger partial charge is 0.244 e. The number of hydrogen-bond donors (Lipinski definition) is 1. The summed E-state index contributed by atoms with van der Waals surface area (Å²) in [7, 11) is -2.47.